The highest BCUT2D eigenvalue weighted by Gasteiger charge is 2.35. The van der Waals surface area contributed by atoms with Crippen molar-refractivity contribution in [3.63, 3.8) is 0 Å². The second-order valence-electron chi connectivity index (χ2n) is 9.35. The van der Waals surface area contributed by atoms with E-state index in [-0.39, 0.29) is 11.7 Å². The minimum Gasteiger partial charge on any atom is -0.504 e. The van der Waals surface area contributed by atoms with Gasteiger partial charge in [-0.25, -0.2) is 4.68 Å². The second kappa shape index (κ2) is 11.7. The van der Waals surface area contributed by atoms with Crippen LogP contribution in [-0.4, -0.2) is 39.5 Å². The summed E-state index contributed by atoms with van der Waals surface area (Å²) in [4.78, 5) is 18.5. The number of thioether (sulfide) groups is 1. The highest BCUT2D eigenvalue weighted by atomic mass is 32.2. The number of nitrogens with zero attached hydrogens (tertiary/aromatic N) is 3. The molecule has 0 aliphatic carbocycles. The highest BCUT2D eigenvalue weighted by molar-refractivity contribution is 7.98. The fourth-order valence-corrected chi connectivity index (χ4v) is 5.36. The van der Waals surface area contributed by atoms with E-state index in [2.05, 4.69) is 35.8 Å². The SMILES string of the molecule is CCOc1cc([C@H]2C(C(=O)Nc3ccc(OC)cc3)=C(C)Nc3nc(SCc4cccc(C)c4)nn32)ccc1O. The Morgan fingerprint density at radius 3 is 2.65 bits per heavy atom. The zero-order valence-corrected chi connectivity index (χ0v) is 23.6. The van der Waals surface area contributed by atoms with Crippen molar-refractivity contribution in [1.29, 1.82) is 0 Å². The van der Waals surface area contributed by atoms with Gasteiger partial charge in [0.25, 0.3) is 5.91 Å². The molecule has 2 heterocycles. The summed E-state index contributed by atoms with van der Waals surface area (Å²) in [5.41, 5.74) is 4.85. The molecule has 3 aromatic carbocycles. The van der Waals surface area contributed by atoms with Crippen molar-refractivity contribution < 1.29 is 19.4 Å². The third kappa shape index (κ3) is 5.76. The normalized spacial score (nSPS) is 14.3. The first-order chi connectivity index (χ1) is 19.4. The number of phenols is 1. The van der Waals surface area contributed by atoms with Gasteiger partial charge in [-0.2, -0.15) is 4.98 Å². The van der Waals surface area contributed by atoms with E-state index in [4.69, 9.17) is 19.6 Å². The maximum atomic E-state index is 13.8. The number of benzene rings is 3. The summed E-state index contributed by atoms with van der Waals surface area (Å²) in [5.74, 6) is 2.00. The molecule has 0 radical (unpaired) electrons. The van der Waals surface area contributed by atoms with Crippen LogP contribution < -0.4 is 20.1 Å². The van der Waals surface area contributed by atoms with E-state index < -0.39 is 6.04 Å². The molecule has 10 heteroatoms. The molecular weight excluding hydrogens is 526 g/mol. The average Bonchev–Trinajstić information content (AvgIpc) is 3.35. The van der Waals surface area contributed by atoms with Gasteiger partial charge in [-0.3, -0.25) is 4.79 Å². The number of hydrogen-bond donors (Lipinski definition) is 3. The van der Waals surface area contributed by atoms with Crippen LogP contribution in [-0.2, 0) is 10.5 Å². The Morgan fingerprint density at radius 1 is 1.12 bits per heavy atom. The number of anilines is 2. The lowest BCUT2D eigenvalue weighted by atomic mass is 9.94. The van der Waals surface area contributed by atoms with Crippen LogP contribution in [0, 0.1) is 6.92 Å². The van der Waals surface area contributed by atoms with Gasteiger partial charge >= 0.3 is 0 Å². The van der Waals surface area contributed by atoms with Crippen LogP contribution in [0.3, 0.4) is 0 Å². The Morgan fingerprint density at radius 2 is 1.93 bits per heavy atom. The van der Waals surface area contributed by atoms with Crippen molar-refractivity contribution in [2.24, 2.45) is 0 Å². The summed E-state index contributed by atoms with van der Waals surface area (Å²) in [6.07, 6.45) is 0. The molecule has 1 aliphatic rings. The monoisotopic (exact) mass is 557 g/mol. The lowest BCUT2D eigenvalue weighted by molar-refractivity contribution is -0.113. The molecule has 1 atom stereocenters. The first-order valence-corrected chi connectivity index (χ1v) is 13.9. The number of methoxy groups -OCH3 is 1. The molecule has 3 N–H and O–H groups in total. The van der Waals surface area contributed by atoms with E-state index in [1.54, 1.807) is 54.3 Å². The van der Waals surface area contributed by atoms with Crippen molar-refractivity contribution >= 4 is 29.3 Å². The summed E-state index contributed by atoms with van der Waals surface area (Å²) in [7, 11) is 1.59. The summed E-state index contributed by atoms with van der Waals surface area (Å²) in [6, 6.07) is 19.9. The molecule has 4 aromatic rings. The van der Waals surface area contributed by atoms with E-state index in [1.807, 2.05) is 19.9 Å². The Labute approximate surface area is 237 Å². The number of rotatable bonds is 9. The van der Waals surface area contributed by atoms with Crippen LogP contribution in [0.15, 0.2) is 83.2 Å². The predicted octanol–water partition coefficient (Wildman–Crippen LogP) is 5.92. The molecule has 1 amide bonds. The molecule has 40 heavy (non-hydrogen) atoms. The molecule has 0 saturated heterocycles. The van der Waals surface area contributed by atoms with Crippen molar-refractivity contribution in [2.45, 2.75) is 37.7 Å². The Balaban J connectivity index is 1.51. The number of carbonyl (C=O) groups excluding carboxylic acids is 1. The molecule has 0 spiro atoms. The lowest BCUT2D eigenvalue weighted by Gasteiger charge is -2.29. The molecule has 206 valence electrons. The minimum absolute atomic E-state index is 0.0256. The molecule has 9 nitrogen and oxygen atoms in total. The predicted molar refractivity (Wildman–Crippen MR) is 156 cm³/mol. The van der Waals surface area contributed by atoms with E-state index in [1.165, 1.54) is 22.9 Å². The molecule has 1 aliphatic heterocycles. The summed E-state index contributed by atoms with van der Waals surface area (Å²) in [5, 5.41) is 22.0. The Bertz CT molecular complexity index is 1560. The van der Waals surface area contributed by atoms with Crippen LogP contribution in [0.25, 0.3) is 0 Å². The number of phenolic OH excluding ortho intramolecular Hbond substituents is 1. The van der Waals surface area contributed by atoms with Gasteiger partial charge in [0.15, 0.2) is 11.5 Å². The summed E-state index contributed by atoms with van der Waals surface area (Å²) >= 11 is 1.52. The van der Waals surface area contributed by atoms with Gasteiger partial charge in [0, 0.05) is 17.1 Å². The summed E-state index contributed by atoms with van der Waals surface area (Å²) in [6.45, 7) is 6.15. The number of aromatic nitrogens is 3. The van der Waals surface area contributed by atoms with Crippen molar-refractivity contribution in [2.75, 3.05) is 24.4 Å². The number of nitrogens with one attached hydrogen (secondary N) is 2. The molecule has 5 rings (SSSR count). The van der Waals surface area contributed by atoms with E-state index >= 15 is 0 Å². The van der Waals surface area contributed by atoms with Gasteiger partial charge in [0.2, 0.25) is 11.1 Å². The average molecular weight is 558 g/mol. The fraction of sp³-hybridized carbons (Fsp3) is 0.233. The standard InChI is InChI=1S/C30H31N5O4S/c1-5-39-25-16-21(9-14-24(25)36)27-26(28(37)32-22-10-12-23(38-4)13-11-22)19(3)31-29-33-30(34-35(27)29)40-17-20-8-6-7-18(2)15-20/h6-16,27,36H,5,17H2,1-4H3,(H,32,37)(H,31,33,34)/t27-/m0/s1. The van der Waals surface area contributed by atoms with Crippen LogP contribution in [0.5, 0.6) is 17.2 Å². The van der Waals surface area contributed by atoms with Gasteiger partial charge in [-0.1, -0.05) is 47.7 Å². The molecule has 0 fully saturated rings. The number of carbonyl (C=O) groups is 1. The first-order valence-electron chi connectivity index (χ1n) is 12.9. The minimum atomic E-state index is -0.616. The topological polar surface area (TPSA) is 111 Å². The van der Waals surface area contributed by atoms with E-state index in [0.29, 0.717) is 51.9 Å². The third-order valence-electron chi connectivity index (χ3n) is 6.48. The summed E-state index contributed by atoms with van der Waals surface area (Å²) < 4.78 is 12.6. The van der Waals surface area contributed by atoms with Gasteiger partial charge in [0.05, 0.1) is 19.3 Å². The zero-order chi connectivity index (χ0) is 28.2. The van der Waals surface area contributed by atoms with Gasteiger partial charge in [-0.05, 0) is 68.3 Å². The second-order valence-corrected chi connectivity index (χ2v) is 10.3. The molecule has 0 saturated carbocycles. The highest BCUT2D eigenvalue weighted by Crippen LogP contribution is 2.40. The van der Waals surface area contributed by atoms with Gasteiger partial charge < -0.3 is 25.2 Å². The number of amides is 1. The number of fused-ring (bicyclic) bond motifs is 1. The third-order valence-corrected chi connectivity index (χ3v) is 7.38. The van der Waals surface area contributed by atoms with E-state index in [0.717, 1.165) is 5.56 Å². The van der Waals surface area contributed by atoms with Crippen molar-refractivity contribution in [3.8, 4) is 17.2 Å². The first kappa shape index (κ1) is 27.1. The quantitative estimate of drug-likeness (QED) is 0.218. The van der Waals surface area contributed by atoms with Crippen LogP contribution in [0.4, 0.5) is 11.6 Å². The van der Waals surface area contributed by atoms with Crippen molar-refractivity contribution in [1.82, 2.24) is 14.8 Å². The Hall–Kier alpha value is -4.44. The maximum Gasteiger partial charge on any atom is 0.255 e. The van der Waals surface area contributed by atoms with Gasteiger partial charge in [-0.15, -0.1) is 5.10 Å². The van der Waals surface area contributed by atoms with Crippen molar-refractivity contribution in [3.05, 3.63) is 94.7 Å². The number of allylic oxidation sites excluding steroid dienone is 1. The van der Waals surface area contributed by atoms with Crippen LogP contribution >= 0.6 is 11.8 Å². The number of aromatic hydroxyl groups is 1. The molecule has 0 unspecified atom stereocenters. The van der Waals surface area contributed by atoms with E-state index in [9.17, 15) is 9.90 Å². The number of ether oxygens (including phenoxy) is 2. The van der Waals surface area contributed by atoms with Gasteiger partial charge in [0.1, 0.15) is 11.8 Å². The largest absolute Gasteiger partial charge is 0.504 e. The molecular formula is C30H31N5O4S. The Kier molecular flexibility index (Phi) is 7.97. The number of hydrogen-bond acceptors (Lipinski definition) is 8. The fourth-order valence-electron chi connectivity index (χ4n) is 4.59. The molecule has 1 aromatic heterocycles. The number of aryl methyl sites for hydroxylation is 1. The zero-order valence-electron chi connectivity index (χ0n) is 22.8. The van der Waals surface area contributed by atoms with Crippen LogP contribution in [0.2, 0.25) is 0 Å². The molecule has 0 bridgehead atoms. The van der Waals surface area contributed by atoms with Crippen LogP contribution in [0.1, 0.15) is 36.6 Å². The maximum absolute atomic E-state index is 13.8. The smallest absolute Gasteiger partial charge is 0.255 e. The lowest BCUT2D eigenvalue weighted by Crippen LogP contribution is -2.31.